The number of amides is 1. The Kier molecular flexibility index (Phi) is 3.82. The van der Waals surface area contributed by atoms with E-state index in [1.54, 1.807) is 0 Å². The van der Waals surface area contributed by atoms with Crippen molar-refractivity contribution in [2.45, 2.75) is 31.8 Å². The molecule has 0 aliphatic carbocycles. The molecule has 1 amide bonds. The Morgan fingerprint density at radius 3 is 3.12 bits per heavy atom. The van der Waals surface area contributed by atoms with Crippen molar-refractivity contribution >= 4 is 16.8 Å². The number of rotatable bonds is 4. The Labute approximate surface area is 140 Å². The minimum atomic E-state index is -0.419. The number of carbonyl (C=O) groups excluding carboxylic acids is 1. The third-order valence-corrected chi connectivity index (χ3v) is 4.89. The van der Waals surface area contributed by atoms with E-state index in [4.69, 9.17) is 5.73 Å². The van der Waals surface area contributed by atoms with Gasteiger partial charge in [-0.1, -0.05) is 18.6 Å². The molecule has 0 bridgehead atoms. The van der Waals surface area contributed by atoms with Crippen LogP contribution in [0.5, 0.6) is 0 Å². The van der Waals surface area contributed by atoms with Gasteiger partial charge in [0.25, 0.3) is 5.91 Å². The monoisotopic (exact) mass is 323 g/mol. The molecule has 124 valence electrons. The number of aromatic amines is 2. The molecule has 0 saturated carbocycles. The van der Waals surface area contributed by atoms with E-state index in [0.29, 0.717) is 5.56 Å². The molecule has 1 atom stereocenters. The second-order valence-electron chi connectivity index (χ2n) is 6.44. The fourth-order valence-electron chi connectivity index (χ4n) is 3.68. The van der Waals surface area contributed by atoms with Gasteiger partial charge < -0.3 is 10.7 Å². The molecular weight excluding hydrogens is 302 g/mol. The number of nitrogens with two attached hydrogens (primary N) is 1. The van der Waals surface area contributed by atoms with Crippen molar-refractivity contribution in [2.24, 2.45) is 5.73 Å². The predicted octanol–water partition coefficient (Wildman–Crippen LogP) is 2.72. The molecule has 1 aromatic carbocycles. The number of fused-ring (bicyclic) bond motifs is 1. The third-order valence-electron chi connectivity index (χ3n) is 4.89. The van der Waals surface area contributed by atoms with Gasteiger partial charge in [0.2, 0.25) is 0 Å². The number of hydrogen-bond acceptors (Lipinski definition) is 3. The molecule has 1 aliphatic heterocycles. The molecule has 0 spiro atoms. The molecule has 4 N–H and O–H groups in total. The number of nitrogens with one attached hydrogen (secondary N) is 2. The van der Waals surface area contributed by atoms with E-state index < -0.39 is 5.91 Å². The predicted molar refractivity (Wildman–Crippen MR) is 92.4 cm³/mol. The number of benzene rings is 1. The van der Waals surface area contributed by atoms with Crippen LogP contribution in [0.1, 0.15) is 46.9 Å². The van der Waals surface area contributed by atoms with Gasteiger partial charge >= 0.3 is 0 Å². The number of nitrogens with zero attached hydrogens (tertiary/aromatic N) is 2. The molecule has 1 aliphatic rings. The largest absolute Gasteiger partial charge is 0.365 e. The van der Waals surface area contributed by atoms with Gasteiger partial charge in [-0.15, -0.1) is 0 Å². The molecular formula is C18H21N5O. The lowest BCUT2D eigenvalue weighted by atomic mass is 9.96. The summed E-state index contributed by atoms with van der Waals surface area (Å²) in [5.74, 6) is -0.419. The number of likely N-dealkylation sites (tertiary alicyclic amines) is 1. The maximum atomic E-state index is 11.6. The van der Waals surface area contributed by atoms with Gasteiger partial charge in [-0.3, -0.25) is 14.8 Å². The lowest BCUT2D eigenvalue weighted by Crippen LogP contribution is -2.34. The summed E-state index contributed by atoms with van der Waals surface area (Å²) in [4.78, 5) is 17.3. The maximum absolute atomic E-state index is 11.6. The summed E-state index contributed by atoms with van der Waals surface area (Å²) in [6, 6.07) is 8.74. The van der Waals surface area contributed by atoms with Crippen LogP contribution < -0.4 is 5.73 Å². The second-order valence-corrected chi connectivity index (χ2v) is 6.44. The molecule has 1 fully saturated rings. The van der Waals surface area contributed by atoms with Crippen LogP contribution in [0, 0.1) is 0 Å². The molecule has 2 aromatic heterocycles. The van der Waals surface area contributed by atoms with E-state index in [0.717, 1.165) is 37.1 Å². The minimum absolute atomic E-state index is 0.156. The third kappa shape index (κ3) is 2.69. The molecule has 1 saturated heterocycles. The maximum Gasteiger partial charge on any atom is 0.252 e. The van der Waals surface area contributed by atoms with Crippen LogP contribution in [0.4, 0.5) is 0 Å². The van der Waals surface area contributed by atoms with Gasteiger partial charge in [-0.2, -0.15) is 5.10 Å². The zero-order chi connectivity index (χ0) is 16.5. The highest BCUT2D eigenvalue weighted by Crippen LogP contribution is 2.33. The summed E-state index contributed by atoms with van der Waals surface area (Å²) in [6.45, 7) is 1.85. The molecule has 6 heteroatoms. The molecule has 24 heavy (non-hydrogen) atoms. The van der Waals surface area contributed by atoms with Crippen LogP contribution in [-0.4, -0.2) is 32.5 Å². The Morgan fingerprint density at radius 1 is 1.33 bits per heavy atom. The summed E-state index contributed by atoms with van der Waals surface area (Å²) in [6.07, 6.45) is 6.82. The fourth-order valence-corrected chi connectivity index (χ4v) is 3.68. The Bertz CT molecular complexity index is 865. The number of primary amides is 1. The van der Waals surface area contributed by atoms with Gasteiger partial charge in [0.15, 0.2) is 0 Å². The standard InChI is InChI=1S/C18H21N5O/c19-18(24)14-10-21-22-17(14)16-3-1-2-8-23(16)11-12-4-5-13-6-7-20-15(13)9-12/h4-7,9-10,16,20H,1-3,8,11H2,(H2,19,24)(H,21,22). The Hall–Kier alpha value is -2.60. The number of hydrogen-bond donors (Lipinski definition) is 3. The Balaban J connectivity index is 1.61. The lowest BCUT2D eigenvalue weighted by molar-refractivity contribution is 0.0990. The number of H-pyrrole nitrogens is 2. The first-order valence-corrected chi connectivity index (χ1v) is 8.35. The molecule has 0 radical (unpaired) electrons. The van der Waals surface area contributed by atoms with Gasteiger partial charge in [-0.05, 0) is 42.5 Å². The highest BCUT2D eigenvalue weighted by atomic mass is 16.1. The fraction of sp³-hybridized carbons (Fsp3) is 0.333. The summed E-state index contributed by atoms with van der Waals surface area (Å²) < 4.78 is 0. The van der Waals surface area contributed by atoms with Crippen molar-refractivity contribution < 1.29 is 4.79 Å². The lowest BCUT2D eigenvalue weighted by Gasteiger charge is -2.35. The van der Waals surface area contributed by atoms with Crippen molar-refractivity contribution in [3.8, 4) is 0 Å². The highest BCUT2D eigenvalue weighted by Gasteiger charge is 2.28. The first-order chi connectivity index (χ1) is 11.7. The first kappa shape index (κ1) is 15.0. The molecule has 6 nitrogen and oxygen atoms in total. The van der Waals surface area contributed by atoms with E-state index in [1.807, 2.05) is 6.20 Å². The van der Waals surface area contributed by atoms with Crippen molar-refractivity contribution in [3.63, 3.8) is 0 Å². The number of aromatic nitrogens is 3. The van der Waals surface area contributed by atoms with E-state index in [2.05, 4.69) is 44.3 Å². The normalized spacial score (nSPS) is 18.9. The van der Waals surface area contributed by atoms with Crippen LogP contribution in [0.25, 0.3) is 10.9 Å². The van der Waals surface area contributed by atoms with E-state index >= 15 is 0 Å². The van der Waals surface area contributed by atoms with E-state index in [9.17, 15) is 4.79 Å². The van der Waals surface area contributed by atoms with Gasteiger partial charge in [-0.25, -0.2) is 0 Å². The number of piperidine rings is 1. The first-order valence-electron chi connectivity index (χ1n) is 8.35. The molecule has 4 rings (SSSR count). The minimum Gasteiger partial charge on any atom is -0.365 e. The van der Waals surface area contributed by atoms with Crippen LogP contribution in [-0.2, 0) is 6.54 Å². The zero-order valence-electron chi connectivity index (χ0n) is 13.5. The number of carbonyl (C=O) groups is 1. The SMILES string of the molecule is NC(=O)c1cn[nH]c1C1CCCCN1Cc1ccc2cc[nH]c2c1. The van der Waals surface area contributed by atoms with Crippen molar-refractivity contribution in [1.29, 1.82) is 0 Å². The smallest absolute Gasteiger partial charge is 0.252 e. The van der Waals surface area contributed by atoms with Crippen molar-refractivity contribution in [3.05, 3.63) is 53.5 Å². The molecule has 3 heterocycles. The summed E-state index contributed by atoms with van der Waals surface area (Å²) in [5, 5.41) is 8.26. The van der Waals surface area contributed by atoms with Gasteiger partial charge in [0.05, 0.1) is 23.5 Å². The summed E-state index contributed by atoms with van der Waals surface area (Å²) >= 11 is 0. The Morgan fingerprint density at radius 2 is 2.25 bits per heavy atom. The van der Waals surface area contributed by atoms with Crippen LogP contribution in [0.3, 0.4) is 0 Å². The molecule has 3 aromatic rings. The second kappa shape index (κ2) is 6.13. The summed E-state index contributed by atoms with van der Waals surface area (Å²) in [7, 11) is 0. The highest BCUT2D eigenvalue weighted by molar-refractivity contribution is 5.93. The van der Waals surface area contributed by atoms with Crippen molar-refractivity contribution in [2.75, 3.05) is 6.54 Å². The van der Waals surface area contributed by atoms with Gasteiger partial charge in [0.1, 0.15) is 0 Å². The average Bonchev–Trinajstić information content (AvgIpc) is 3.24. The van der Waals surface area contributed by atoms with Crippen LogP contribution in [0.2, 0.25) is 0 Å². The summed E-state index contributed by atoms with van der Waals surface area (Å²) in [5.41, 5.74) is 9.26. The quantitative estimate of drug-likeness (QED) is 0.689. The van der Waals surface area contributed by atoms with E-state index in [-0.39, 0.29) is 6.04 Å². The van der Waals surface area contributed by atoms with E-state index in [1.165, 1.54) is 23.6 Å². The van der Waals surface area contributed by atoms with Crippen LogP contribution >= 0.6 is 0 Å². The molecule has 1 unspecified atom stereocenters. The van der Waals surface area contributed by atoms with Gasteiger partial charge in [0, 0.05) is 18.3 Å². The van der Waals surface area contributed by atoms with Crippen molar-refractivity contribution in [1.82, 2.24) is 20.1 Å². The zero-order valence-corrected chi connectivity index (χ0v) is 13.5. The van der Waals surface area contributed by atoms with Crippen LogP contribution in [0.15, 0.2) is 36.7 Å². The average molecular weight is 323 g/mol. The topological polar surface area (TPSA) is 90.8 Å².